The number of likely N-dealkylation sites (N-methyl/N-ethyl adjacent to an activating group) is 1. The lowest BCUT2D eigenvalue weighted by Crippen LogP contribution is -2.40. The molecule has 1 aromatic rings. The van der Waals surface area contributed by atoms with Gasteiger partial charge in [-0.25, -0.2) is 0 Å². The Morgan fingerprint density at radius 2 is 2.22 bits per heavy atom. The molecular formula is C16H24ClN3O2S. The smallest absolute Gasteiger partial charge is 0.227 e. The number of nitrogens with zero attached hydrogens (tertiary/aromatic N) is 1. The lowest BCUT2D eigenvalue weighted by Gasteiger charge is -2.18. The highest BCUT2D eigenvalue weighted by atomic mass is 35.5. The van der Waals surface area contributed by atoms with Crippen LogP contribution >= 0.6 is 24.2 Å². The molecule has 1 saturated heterocycles. The molecule has 2 amide bonds. The molecule has 0 radical (unpaired) electrons. The zero-order chi connectivity index (χ0) is 16.1. The third kappa shape index (κ3) is 5.12. The van der Waals surface area contributed by atoms with Crippen LogP contribution in [-0.2, 0) is 9.59 Å². The van der Waals surface area contributed by atoms with Crippen molar-refractivity contribution in [2.45, 2.75) is 24.3 Å². The second-order valence-electron chi connectivity index (χ2n) is 5.54. The van der Waals surface area contributed by atoms with Gasteiger partial charge < -0.3 is 15.5 Å². The van der Waals surface area contributed by atoms with Gasteiger partial charge in [-0.1, -0.05) is 6.07 Å². The summed E-state index contributed by atoms with van der Waals surface area (Å²) in [7, 11) is 1.86. The van der Waals surface area contributed by atoms with E-state index in [1.165, 1.54) is 0 Å². The Hall–Kier alpha value is -1.24. The van der Waals surface area contributed by atoms with Crippen molar-refractivity contribution in [3.05, 3.63) is 24.3 Å². The maximum atomic E-state index is 12.2. The fourth-order valence-electron chi connectivity index (χ4n) is 2.41. The predicted octanol–water partition coefficient (Wildman–Crippen LogP) is 1.91. The molecule has 2 unspecified atom stereocenters. The summed E-state index contributed by atoms with van der Waals surface area (Å²) in [4.78, 5) is 27.2. The molecule has 2 atom stereocenters. The number of hydrogen-bond donors (Lipinski definition) is 2. The van der Waals surface area contributed by atoms with Crippen molar-refractivity contribution < 1.29 is 9.59 Å². The Bertz CT molecular complexity index is 556. The standard InChI is InChI=1S/C16H23N3O2S.ClH/c1-11(17-2)9-18-16(21)12-7-15(20)19(10-12)13-5-4-6-14(8-13)22-3;/h4-6,8,11-12,17H,7,9-10H2,1-3H3,(H,18,21);1H. The molecule has 0 spiro atoms. The van der Waals surface area contributed by atoms with Crippen LogP contribution < -0.4 is 15.5 Å². The lowest BCUT2D eigenvalue weighted by atomic mass is 10.1. The zero-order valence-electron chi connectivity index (χ0n) is 13.7. The van der Waals surface area contributed by atoms with Gasteiger partial charge in [0, 0.05) is 36.1 Å². The van der Waals surface area contributed by atoms with Crippen molar-refractivity contribution >= 4 is 41.7 Å². The highest BCUT2D eigenvalue weighted by molar-refractivity contribution is 7.98. The van der Waals surface area contributed by atoms with E-state index in [4.69, 9.17) is 0 Å². The molecule has 0 aliphatic carbocycles. The van der Waals surface area contributed by atoms with E-state index in [2.05, 4.69) is 10.6 Å². The predicted molar refractivity (Wildman–Crippen MR) is 97.5 cm³/mol. The number of halogens is 1. The number of amides is 2. The molecule has 128 valence electrons. The monoisotopic (exact) mass is 357 g/mol. The molecule has 2 N–H and O–H groups in total. The molecule has 1 aliphatic heterocycles. The van der Waals surface area contributed by atoms with Crippen LogP contribution in [0, 0.1) is 5.92 Å². The van der Waals surface area contributed by atoms with Gasteiger partial charge in [-0.05, 0) is 38.4 Å². The molecule has 0 bridgehead atoms. The average Bonchev–Trinajstić information content (AvgIpc) is 2.94. The Morgan fingerprint density at radius 1 is 1.48 bits per heavy atom. The van der Waals surface area contributed by atoms with Crippen LogP contribution in [0.25, 0.3) is 0 Å². The fraction of sp³-hybridized carbons (Fsp3) is 0.500. The Labute approximate surface area is 148 Å². The van der Waals surface area contributed by atoms with Crippen LogP contribution in [0.15, 0.2) is 29.2 Å². The van der Waals surface area contributed by atoms with Gasteiger partial charge in [0.25, 0.3) is 0 Å². The first-order valence-electron chi connectivity index (χ1n) is 7.44. The van der Waals surface area contributed by atoms with Gasteiger partial charge in [-0.15, -0.1) is 24.2 Å². The maximum Gasteiger partial charge on any atom is 0.227 e. The summed E-state index contributed by atoms with van der Waals surface area (Å²) >= 11 is 1.64. The maximum absolute atomic E-state index is 12.2. The van der Waals surface area contributed by atoms with E-state index in [1.54, 1.807) is 16.7 Å². The van der Waals surface area contributed by atoms with Gasteiger partial charge in [-0.3, -0.25) is 9.59 Å². The molecular weight excluding hydrogens is 334 g/mol. The van der Waals surface area contributed by atoms with Crippen molar-refractivity contribution in [1.29, 1.82) is 0 Å². The first-order valence-corrected chi connectivity index (χ1v) is 8.67. The normalized spacial score (nSPS) is 18.5. The number of nitrogens with one attached hydrogen (secondary N) is 2. The van der Waals surface area contributed by atoms with Gasteiger partial charge in [0.05, 0.1) is 5.92 Å². The van der Waals surface area contributed by atoms with E-state index in [1.807, 2.05) is 44.5 Å². The van der Waals surface area contributed by atoms with Crippen LogP contribution in [0.1, 0.15) is 13.3 Å². The number of carbonyl (C=O) groups excluding carboxylic acids is 2. The minimum atomic E-state index is -0.269. The summed E-state index contributed by atoms with van der Waals surface area (Å²) in [5.41, 5.74) is 0.871. The van der Waals surface area contributed by atoms with Gasteiger partial charge in [-0.2, -0.15) is 0 Å². The largest absolute Gasteiger partial charge is 0.354 e. The van der Waals surface area contributed by atoms with E-state index in [0.29, 0.717) is 13.1 Å². The van der Waals surface area contributed by atoms with Crippen LogP contribution in [-0.4, -0.2) is 44.2 Å². The summed E-state index contributed by atoms with van der Waals surface area (Å²) in [5, 5.41) is 5.98. The van der Waals surface area contributed by atoms with Crippen LogP contribution in [0.4, 0.5) is 5.69 Å². The van der Waals surface area contributed by atoms with Gasteiger partial charge in [0.2, 0.25) is 11.8 Å². The molecule has 1 aliphatic rings. The molecule has 0 aromatic heterocycles. The number of anilines is 1. The van der Waals surface area contributed by atoms with E-state index in [-0.39, 0.29) is 42.6 Å². The van der Waals surface area contributed by atoms with Crippen molar-refractivity contribution in [2.75, 3.05) is 31.3 Å². The van der Waals surface area contributed by atoms with Crippen LogP contribution in [0.2, 0.25) is 0 Å². The summed E-state index contributed by atoms with van der Waals surface area (Å²) in [5.74, 6) is -0.298. The minimum absolute atomic E-state index is 0. The number of carbonyl (C=O) groups is 2. The average molecular weight is 358 g/mol. The van der Waals surface area contributed by atoms with Crippen LogP contribution in [0.3, 0.4) is 0 Å². The van der Waals surface area contributed by atoms with E-state index in [0.717, 1.165) is 10.6 Å². The van der Waals surface area contributed by atoms with E-state index in [9.17, 15) is 9.59 Å². The van der Waals surface area contributed by atoms with Crippen LogP contribution in [0.5, 0.6) is 0 Å². The molecule has 7 heteroatoms. The highest BCUT2D eigenvalue weighted by Crippen LogP contribution is 2.28. The van der Waals surface area contributed by atoms with Gasteiger partial charge in [0.1, 0.15) is 0 Å². The second kappa shape index (κ2) is 9.15. The van der Waals surface area contributed by atoms with E-state index < -0.39 is 0 Å². The molecule has 1 aromatic carbocycles. The van der Waals surface area contributed by atoms with Crippen molar-refractivity contribution in [1.82, 2.24) is 10.6 Å². The molecule has 1 fully saturated rings. The van der Waals surface area contributed by atoms with Gasteiger partial charge in [0.15, 0.2) is 0 Å². The first-order chi connectivity index (χ1) is 10.5. The highest BCUT2D eigenvalue weighted by Gasteiger charge is 2.35. The molecule has 1 heterocycles. The van der Waals surface area contributed by atoms with Crippen molar-refractivity contribution in [3.8, 4) is 0 Å². The van der Waals surface area contributed by atoms with Gasteiger partial charge >= 0.3 is 0 Å². The number of hydrogen-bond acceptors (Lipinski definition) is 4. The summed E-state index contributed by atoms with van der Waals surface area (Å²) in [6.45, 7) is 3.03. The zero-order valence-corrected chi connectivity index (χ0v) is 15.3. The SMILES string of the molecule is CNC(C)CNC(=O)C1CC(=O)N(c2cccc(SC)c2)C1.Cl. The number of rotatable bonds is 6. The van der Waals surface area contributed by atoms with Crippen molar-refractivity contribution in [3.63, 3.8) is 0 Å². The van der Waals surface area contributed by atoms with E-state index >= 15 is 0 Å². The molecule has 23 heavy (non-hydrogen) atoms. The molecule has 2 rings (SSSR count). The Kier molecular flexibility index (Phi) is 7.88. The molecule has 0 saturated carbocycles. The fourth-order valence-corrected chi connectivity index (χ4v) is 2.86. The lowest BCUT2D eigenvalue weighted by molar-refractivity contribution is -0.126. The summed E-state index contributed by atoms with van der Waals surface area (Å²) in [6.07, 6.45) is 2.29. The third-order valence-corrected chi connectivity index (χ3v) is 4.66. The Balaban J connectivity index is 0.00000264. The topological polar surface area (TPSA) is 61.4 Å². The van der Waals surface area contributed by atoms with Crippen molar-refractivity contribution in [2.24, 2.45) is 5.92 Å². The quantitative estimate of drug-likeness (QED) is 0.763. The number of benzene rings is 1. The first kappa shape index (κ1) is 19.8. The number of thioether (sulfide) groups is 1. The summed E-state index contributed by atoms with van der Waals surface area (Å²) < 4.78 is 0. The third-order valence-electron chi connectivity index (χ3n) is 3.94. The summed E-state index contributed by atoms with van der Waals surface area (Å²) in [6, 6.07) is 8.08. The molecule has 5 nitrogen and oxygen atoms in total. The Morgan fingerprint density at radius 3 is 2.87 bits per heavy atom. The minimum Gasteiger partial charge on any atom is -0.354 e. The second-order valence-corrected chi connectivity index (χ2v) is 6.42.